The maximum absolute atomic E-state index is 10.4. The molecule has 1 saturated heterocycles. The van der Waals surface area contributed by atoms with Crippen LogP contribution in [0.4, 0.5) is 0 Å². The van der Waals surface area contributed by atoms with Gasteiger partial charge in [0.15, 0.2) is 0 Å². The smallest absolute Gasteiger partial charge is 0.0812 e. The first-order chi connectivity index (χ1) is 14.4. The van der Waals surface area contributed by atoms with Crippen molar-refractivity contribution in [2.75, 3.05) is 32.8 Å². The normalized spacial score (nSPS) is 41.9. The molecule has 6 atom stereocenters. The van der Waals surface area contributed by atoms with Gasteiger partial charge < -0.3 is 9.84 Å². The molecule has 0 aromatic heterocycles. The molecule has 3 aliphatic carbocycles. The fraction of sp³-hybridized carbons (Fsp3) is 0.778. The molecule has 1 aliphatic heterocycles. The van der Waals surface area contributed by atoms with Gasteiger partial charge in [-0.3, -0.25) is 4.90 Å². The van der Waals surface area contributed by atoms with Crippen LogP contribution in [-0.2, 0) is 4.74 Å². The molecule has 4 unspecified atom stereocenters. The number of fused-ring (bicyclic) bond motifs is 1. The molecule has 1 N–H and O–H groups in total. The van der Waals surface area contributed by atoms with Gasteiger partial charge in [0.2, 0.25) is 0 Å². The third-order valence-corrected chi connectivity index (χ3v) is 9.05. The molecule has 168 valence electrons. The second-order valence-corrected chi connectivity index (χ2v) is 10.9. The van der Waals surface area contributed by atoms with Gasteiger partial charge in [-0.2, -0.15) is 0 Å². The number of hydrogen-bond acceptors (Lipinski definition) is 3. The van der Waals surface area contributed by atoms with E-state index in [0.717, 1.165) is 62.5 Å². The van der Waals surface area contributed by atoms with Crippen molar-refractivity contribution in [3.05, 3.63) is 35.5 Å². The lowest BCUT2D eigenvalue weighted by molar-refractivity contribution is 0.0155. The summed E-state index contributed by atoms with van der Waals surface area (Å²) in [5.41, 5.74) is 4.34. The van der Waals surface area contributed by atoms with E-state index in [-0.39, 0.29) is 6.10 Å². The van der Waals surface area contributed by atoms with Crippen LogP contribution in [0.5, 0.6) is 0 Å². The van der Waals surface area contributed by atoms with Crippen LogP contribution in [0.15, 0.2) is 35.5 Å². The molecule has 0 aromatic rings. The fourth-order valence-electron chi connectivity index (χ4n) is 7.17. The summed E-state index contributed by atoms with van der Waals surface area (Å²) in [6, 6.07) is 0. The molecule has 0 bridgehead atoms. The van der Waals surface area contributed by atoms with E-state index in [4.69, 9.17) is 4.74 Å². The minimum atomic E-state index is -0.364. The van der Waals surface area contributed by atoms with Crippen molar-refractivity contribution in [3.63, 3.8) is 0 Å². The van der Waals surface area contributed by atoms with Gasteiger partial charge in [-0.05, 0) is 85.2 Å². The van der Waals surface area contributed by atoms with Crippen molar-refractivity contribution in [2.45, 2.75) is 71.8 Å². The van der Waals surface area contributed by atoms with Gasteiger partial charge in [-0.25, -0.2) is 0 Å². The van der Waals surface area contributed by atoms with Crippen LogP contribution in [0.1, 0.15) is 65.7 Å². The molecular formula is C27H43NO2. The molecule has 1 heterocycles. The first-order valence-electron chi connectivity index (χ1n) is 12.5. The summed E-state index contributed by atoms with van der Waals surface area (Å²) in [4.78, 5) is 2.62. The van der Waals surface area contributed by atoms with E-state index in [0.29, 0.717) is 11.3 Å². The lowest BCUT2D eigenvalue weighted by Crippen LogP contribution is -2.43. The Kier molecular flexibility index (Phi) is 6.91. The van der Waals surface area contributed by atoms with E-state index in [1.807, 2.05) is 0 Å². The molecule has 4 rings (SSSR count). The second kappa shape index (κ2) is 9.30. The van der Waals surface area contributed by atoms with Crippen molar-refractivity contribution >= 4 is 0 Å². The van der Waals surface area contributed by atoms with Gasteiger partial charge in [-0.1, -0.05) is 45.1 Å². The first-order valence-corrected chi connectivity index (χ1v) is 12.5. The Morgan fingerprint density at radius 3 is 2.73 bits per heavy atom. The quantitative estimate of drug-likeness (QED) is 0.672. The molecule has 30 heavy (non-hydrogen) atoms. The molecule has 0 amide bonds. The van der Waals surface area contributed by atoms with Crippen LogP contribution in [0, 0.1) is 29.1 Å². The van der Waals surface area contributed by atoms with Gasteiger partial charge in [0.05, 0.1) is 19.3 Å². The second-order valence-electron chi connectivity index (χ2n) is 10.9. The van der Waals surface area contributed by atoms with Crippen LogP contribution in [0.2, 0.25) is 0 Å². The van der Waals surface area contributed by atoms with Crippen LogP contribution < -0.4 is 0 Å². The number of allylic oxidation sites excluding steroid dienone is 3. The van der Waals surface area contributed by atoms with Crippen molar-refractivity contribution in [2.24, 2.45) is 29.1 Å². The Balaban J connectivity index is 1.46. The summed E-state index contributed by atoms with van der Waals surface area (Å²) in [7, 11) is 0. The molecule has 0 spiro atoms. The zero-order chi connectivity index (χ0) is 21.3. The molecule has 3 saturated carbocycles. The monoisotopic (exact) mass is 413 g/mol. The summed E-state index contributed by atoms with van der Waals surface area (Å²) in [5, 5.41) is 10.4. The average molecular weight is 414 g/mol. The molecule has 3 heteroatoms. The highest BCUT2D eigenvalue weighted by atomic mass is 16.5. The Morgan fingerprint density at radius 1 is 1.20 bits per heavy atom. The first kappa shape index (κ1) is 22.3. The van der Waals surface area contributed by atoms with Crippen molar-refractivity contribution in [1.82, 2.24) is 4.90 Å². The van der Waals surface area contributed by atoms with Crippen molar-refractivity contribution in [3.8, 4) is 0 Å². The van der Waals surface area contributed by atoms with E-state index in [1.165, 1.54) is 44.2 Å². The predicted octanol–water partition coefficient (Wildman–Crippen LogP) is 5.37. The third kappa shape index (κ3) is 4.36. The summed E-state index contributed by atoms with van der Waals surface area (Å²) < 4.78 is 5.55. The largest absolute Gasteiger partial charge is 0.388 e. The maximum Gasteiger partial charge on any atom is 0.0812 e. The molecule has 3 nitrogen and oxygen atoms in total. The minimum Gasteiger partial charge on any atom is -0.388 e. The number of morpholine rings is 1. The summed E-state index contributed by atoms with van der Waals surface area (Å²) in [5.74, 6) is 2.66. The van der Waals surface area contributed by atoms with Crippen LogP contribution in [-0.4, -0.2) is 49.0 Å². The third-order valence-electron chi connectivity index (χ3n) is 9.05. The van der Waals surface area contributed by atoms with Gasteiger partial charge in [-0.15, -0.1) is 0 Å². The summed E-state index contributed by atoms with van der Waals surface area (Å²) in [6.45, 7) is 16.7. The van der Waals surface area contributed by atoms with E-state index < -0.39 is 0 Å². The van der Waals surface area contributed by atoms with Crippen LogP contribution >= 0.6 is 0 Å². The number of aliphatic hydroxyl groups is 1. The number of nitrogens with zero attached hydrogens (tertiary/aromatic N) is 1. The van der Waals surface area contributed by atoms with Crippen LogP contribution in [0.3, 0.4) is 0 Å². The average Bonchev–Trinajstić information content (AvgIpc) is 3.10. The fourth-order valence-corrected chi connectivity index (χ4v) is 7.17. The topological polar surface area (TPSA) is 32.7 Å². The van der Waals surface area contributed by atoms with Gasteiger partial charge in [0.25, 0.3) is 0 Å². The van der Waals surface area contributed by atoms with Crippen molar-refractivity contribution in [1.29, 1.82) is 0 Å². The van der Waals surface area contributed by atoms with E-state index in [9.17, 15) is 5.11 Å². The highest BCUT2D eigenvalue weighted by Gasteiger charge is 2.50. The zero-order valence-electron chi connectivity index (χ0n) is 19.5. The molecule has 0 aromatic carbocycles. The Hall–Kier alpha value is -0.900. The summed E-state index contributed by atoms with van der Waals surface area (Å²) in [6.07, 6.45) is 13.2. The Labute approximate surface area is 184 Å². The molecular weight excluding hydrogens is 370 g/mol. The standard InChI is InChI=1S/C27H43NO2/c1-19-7-8-22(21(3)26(19)29)9-10-23-6-5-13-27(4)24(11-12-25(23)27)20(2)18-28-14-16-30-17-15-28/h9-10,19-20,24-26,29H,3,5-8,11-18H2,1-2,4H3/b22-9-,23-10+/t19-,20-,24?,25?,26?,27?/m0/s1. The minimum absolute atomic E-state index is 0.337. The highest BCUT2D eigenvalue weighted by molar-refractivity contribution is 5.38. The Morgan fingerprint density at radius 2 is 1.97 bits per heavy atom. The zero-order valence-corrected chi connectivity index (χ0v) is 19.5. The SMILES string of the molecule is C=C1/C(=C\C=C2/CCCC3(C)C2CCC3[C@@H](C)CN2CCOCC2)CC[C@H](C)C1O. The van der Waals surface area contributed by atoms with E-state index in [2.05, 4.69) is 44.4 Å². The Bertz CT molecular complexity index is 689. The number of aliphatic hydroxyl groups excluding tert-OH is 1. The number of ether oxygens (including phenoxy) is 1. The van der Waals surface area contributed by atoms with Gasteiger partial charge in [0.1, 0.15) is 0 Å². The number of rotatable bonds is 4. The maximum atomic E-state index is 10.4. The van der Waals surface area contributed by atoms with Gasteiger partial charge in [0, 0.05) is 19.6 Å². The summed E-state index contributed by atoms with van der Waals surface area (Å²) >= 11 is 0. The van der Waals surface area contributed by atoms with Gasteiger partial charge >= 0.3 is 0 Å². The van der Waals surface area contributed by atoms with E-state index >= 15 is 0 Å². The van der Waals surface area contributed by atoms with Crippen LogP contribution in [0.25, 0.3) is 0 Å². The predicted molar refractivity (Wildman–Crippen MR) is 124 cm³/mol. The molecule has 0 radical (unpaired) electrons. The number of hydrogen-bond donors (Lipinski definition) is 1. The molecule has 4 fully saturated rings. The lowest BCUT2D eigenvalue weighted by Gasteiger charge is -2.45. The van der Waals surface area contributed by atoms with Crippen molar-refractivity contribution < 1.29 is 9.84 Å². The highest BCUT2D eigenvalue weighted by Crippen LogP contribution is 2.59. The molecule has 4 aliphatic rings. The van der Waals surface area contributed by atoms with E-state index in [1.54, 1.807) is 5.57 Å². The lowest BCUT2D eigenvalue weighted by atomic mass is 9.61.